The quantitative estimate of drug-likeness (QED) is 0.731. The van der Waals surface area contributed by atoms with Gasteiger partial charge >= 0.3 is 0 Å². The van der Waals surface area contributed by atoms with Crippen molar-refractivity contribution >= 4 is 0 Å². The number of hydrogen-bond acceptors (Lipinski definition) is 2. The third kappa shape index (κ3) is 7.15. The number of rotatable bonds is 3. The van der Waals surface area contributed by atoms with E-state index in [1.807, 2.05) is 27.7 Å². The Morgan fingerprint density at radius 1 is 0.762 bits per heavy atom. The molecule has 0 aliphatic carbocycles. The molecule has 0 amide bonds. The molecular weight excluding hydrogens is 256 g/mol. The minimum Gasteiger partial charge on any atom is -0.304 e. The minimum atomic E-state index is 0.721. The summed E-state index contributed by atoms with van der Waals surface area (Å²) in [5.41, 5.74) is 0.721. The van der Waals surface area contributed by atoms with E-state index >= 15 is 0 Å². The van der Waals surface area contributed by atoms with E-state index in [1.54, 1.807) is 0 Å². The summed E-state index contributed by atoms with van der Waals surface area (Å²) < 4.78 is 0. The maximum atomic E-state index is 2.68. The van der Waals surface area contributed by atoms with Gasteiger partial charge in [0.05, 0.1) is 0 Å². The zero-order chi connectivity index (χ0) is 16.3. The number of nitrogens with zero attached hydrogens (tertiary/aromatic N) is 2. The van der Waals surface area contributed by atoms with Gasteiger partial charge in [-0.3, -0.25) is 0 Å². The fourth-order valence-electron chi connectivity index (χ4n) is 3.57. The van der Waals surface area contributed by atoms with E-state index in [0.29, 0.717) is 0 Å². The molecule has 0 bridgehead atoms. The van der Waals surface area contributed by atoms with E-state index < -0.39 is 0 Å². The lowest BCUT2D eigenvalue weighted by Gasteiger charge is -2.47. The molecule has 2 heteroatoms. The standard InChI is InChI=1S/C15H30N2.2C2H6/c1-4-16-9-5-15(6-10-16)7-11-17(12-8-15)13-14(2)3;2*1-2/h14H,4-13H2,1-3H3;2*1-2H3. The Morgan fingerprint density at radius 3 is 1.48 bits per heavy atom. The Kier molecular flexibility index (Phi) is 11.4. The summed E-state index contributed by atoms with van der Waals surface area (Å²) in [5.74, 6) is 0.825. The Morgan fingerprint density at radius 2 is 1.14 bits per heavy atom. The van der Waals surface area contributed by atoms with Gasteiger partial charge in [0.2, 0.25) is 0 Å². The van der Waals surface area contributed by atoms with Gasteiger partial charge in [-0.15, -0.1) is 0 Å². The summed E-state index contributed by atoms with van der Waals surface area (Å²) >= 11 is 0. The van der Waals surface area contributed by atoms with Crippen LogP contribution in [0.2, 0.25) is 0 Å². The van der Waals surface area contributed by atoms with Crippen molar-refractivity contribution in [1.29, 1.82) is 0 Å². The molecule has 128 valence electrons. The molecule has 2 rings (SSSR count). The third-order valence-corrected chi connectivity index (χ3v) is 4.90. The molecule has 0 aromatic rings. The van der Waals surface area contributed by atoms with Gasteiger partial charge in [-0.2, -0.15) is 0 Å². The second kappa shape index (κ2) is 11.5. The molecule has 0 aromatic carbocycles. The maximum absolute atomic E-state index is 2.68. The van der Waals surface area contributed by atoms with Crippen LogP contribution in [0.4, 0.5) is 0 Å². The van der Waals surface area contributed by atoms with Crippen LogP contribution in [0.15, 0.2) is 0 Å². The zero-order valence-corrected chi connectivity index (χ0v) is 16.0. The molecule has 0 N–H and O–H groups in total. The monoisotopic (exact) mass is 298 g/mol. The van der Waals surface area contributed by atoms with Crippen molar-refractivity contribution in [2.45, 2.75) is 74.1 Å². The largest absolute Gasteiger partial charge is 0.304 e. The van der Waals surface area contributed by atoms with Crippen molar-refractivity contribution in [2.24, 2.45) is 11.3 Å². The lowest BCUT2D eigenvalue weighted by Crippen LogP contribution is -2.47. The van der Waals surface area contributed by atoms with Crippen LogP contribution < -0.4 is 0 Å². The molecule has 0 aromatic heterocycles. The fraction of sp³-hybridized carbons (Fsp3) is 1.00. The summed E-state index contributed by atoms with van der Waals surface area (Å²) in [5, 5.41) is 0. The molecule has 2 fully saturated rings. The molecule has 0 saturated carbocycles. The van der Waals surface area contributed by atoms with Crippen LogP contribution in [0.5, 0.6) is 0 Å². The Bertz CT molecular complexity index is 220. The zero-order valence-electron chi connectivity index (χ0n) is 16.0. The summed E-state index contributed by atoms with van der Waals surface area (Å²) in [6.07, 6.45) is 5.82. The van der Waals surface area contributed by atoms with Crippen LogP contribution in [0.25, 0.3) is 0 Å². The van der Waals surface area contributed by atoms with Crippen molar-refractivity contribution in [3.63, 3.8) is 0 Å². The third-order valence-electron chi connectivity index (χ3n) is 4.90. The van der Waals surface area contributed by atoms with Gasteiger partial charge in [0.15, 0.2) is 0 Å². The predicted octanol–water partition coefficient (Wildman–Crippen LogP) is 4.89. The summed E-state index contributed by atoms with van der Waals surface area (Å²) in [4.78, 5) is 5.30. The van der Waals surface area contributed by atoms with Crippen LogP contribution in [-0.2, 0) is 0 Å². The van der Waals surface area contributed by atoms with Crippen molar-refractivity contribution in [3.05, 3.63) is 0 Å². The first-order valence-corrected chi connectivity index (χ1v) is 9.58. The van der Waals surface area contributed by atoms with Crippen LogP contribution in [0.3, 0.4) is 0 Å². The highest BCUT2D eigenvalue weighted by Crippen LogP contribution is 2.41. The average molecular weight is 299 g/mol. The SMILES string of the molecule is CC.CC.CCN1CCC2(CC1)CCN(CC(C)C)CC2. The highest BCUT2D eigenvalue weighted by atomic mass is 15.1. The van der Waals surface area contributed by atoms with E-state index in [1.165, 1.54) is 65.0 Å². The topological polar surface area (TPSA) is 6.48 Å². The number of hydrogen-bond donors (Lipinski definition) is 0. The summed E-state index contributed by atoms with van der Waals surface area (Å²) in [6.45, 7) is 22.9. The molecule has 1 spiro atoms. The van der Waals surface area contributed by atoms with Gasteiger partial charge < -0.3 is 9.80 Å². The lowest BCUT2D eigenvalue weighted by atomic mass is 9.71. The fourth-order valence-corrected chi connectivity index (χ4v) is 3.57. The molecule has 2 nitrogen and oxygen atoms in total. The van der Waals surface area contributed by atoms with Gasteiger partial charge in [-0.05, 0) is 69.7 Å². The second-order valence-corrected chi connectivity index (χ2v) is 6.63. The van der Waals surface area contributed by atoms with Crippen molar-refractivity contribution in [3.8, 4) is 0 Å². The van der Waals surface area contributed by atoms with Gasteiger partial charge in [0, 0.05) is 6.54 Å². The number of piperidine rings is 2. The van der Waals surface area contributed by atoms with Crippen LogP contribution in [0, 0.1) is 11.3 Å². The van der Waals surface area contributed by atoms with E-state index in [2.05, 4.69) is 30.6 Å². The summed E-state index contributed by atoms with van der Waals surface area (Å²) in [6, 6.07) is 0. The maximum Gasteiger partial charge on any atom is 0.000439 e. The normalized spacial score (nSPS) is 22.3. The average Bonchev–Trinajstić information content (AvgIpc) is 2.54. The van der Waals surface area contributed by atoms with Crippen LogP contribution in [0.1, 0.15) is 74.1 Å². The molecule has 2 saturated heterocycles. The minimum absolute atomic E-state index is 0.721. The molecule has 2 aliphatic rings. The van der Waals surface area contributed by atoms with Crippen LogP contribution in [-0.4, -0.2) is 49.1 Å². The van der Waals surface area contributed by atoms with E-state index in [9.17, 15) is 0 Å². The predicted molar refractivity (Wildman–Crippen MR) is 97.0 cm³/mol. The van der Waals surface area contributed by atoms with Crippen LogP contribution >= 0.6 is 0 Å². The van der Waals surface area contributed by atoms with Gasteiger partial charge in [0.25, 0.3) is 0 Å². The van der Waals surface area contributed by atoms with Gasteiger partial charge in [-0.1, -0.05) is 48.5 Å². The molecule has 2 aliphatic heterocycles. The van der Waals surface area contributed by atoms with Crippen molar-refractivity contribution in [1.82, 2.24) is 9.80 Å². The molecule has 0 radical (unpaired) electrons. The highest BCUT2D eigenvalue weighted by molar-refractivity contribution is 4.90. The Balaban J connectivity index is 0.000000921. The molecule has 2 heterocycles. The van der Waals surface area contributed by atoms with E-state index in [0.717, 1.165) is 11.3 Å². The lowest BCUT2D eigenvalue weighted by molar-refractivity contribution is 0.0331. The Labute approximate surface area is 135 Å². The number of likely N-dealkylation sites (tertiary alicyclic amines) is 2. The molecule has 0 atom stereocenters. The molecule has 21 heavy (non-hydrogen) atoms. The first-order chi connectivity index (χ1) is 10.1. The van der Waals surface area contributed by atoms with E-state index in [4.69, 9.17) is 0 Å². The second-order valence-electron chi connectivity index (χ2n) is 6.63. The highest BCUT2D eigenvalue weighted by Gasteiger charge is 2.36. The van der Waals surface area contributed by atoms with Gasteiger partial charge in [-0.25, -0.2) is 0 Å². The first-order valence-electron chi connectivity index (χ1n) is 9.58. The van der Waals surface area contributed by atoms with Crippen molar-refractivity contribution in [2.75, 3.05) is 39.3 Å². The summed E-state index contributed by atoms with van der Waals surface area (Å²) in [7, 11) is 0. The Hall–Kier alpha value is -0.0800. The van der Waals surface area contributed by atoms with E-state index in [-0.39, 0.29) is 0 Å². The van der Waals surface area contributed by atoms with Gasteiger partial charge in [0.1, 0.15) is 0 Å². The van der Waals surface area contributed by atoms with Crippen molar-refractivity contribution < 1.29 is 0 Å². The molecule has 0 unspecified atom stereocenters. The molecular formula is C19H42N2. The first kappa shape index (κ1) is 20.9. The smallest absolute Gasteiger partial charge is 0.000439 e.